The van der Waals surface area contributed by atoms with E-state index in [9.17, 15) is 14.4 Å². The first kappa shape index (κ1) is 21.9. The van der Waals surface area contributed by atoms with Crippen LogP contribution in [0, 0.1) is 0 Å². The largest absolute Gasteiger partial charge is 0.466 e. The minimum Gasteiger partial charge on any atom is -0.466 e. The molecular weight excluding hydrogens is 434 g/mol. The Morgan fingerprint density at radius 3 is 2.35 bits per heavy atom. The Balaban J connectivity index is 1.81. The van der Waals surface area contributed by atoms with Crippen molar-refractivity contribution in [1.82, 2.24) is 4.90 Å². The Hall–Kier alpha value is -3.94. The van der Waals surface area contributed by atoms with Crippen LogP contribution < -0.4 is 4.90 Å². The van der Waals surface area contributed by atoms with Gasteiger partial charge in [-0.1, -0.05) is 48.5 Å². The predicted octanol–water partition coefficient (Wildman–Crippen LogP) is 2.58. The van der Waals surface area contributed by atoms with Gasteiger partial charge >= 0.3 is 11.9 Å². The number of esters is 2. The molecule has 1 spiro atoms. The predicted molar refractivity (Wildman–Crippen MR) is 125 cm³/mol. The van der Waals surface area contributed by atoms with Crippen molar-refractivity contribution in [2.24, 2.45) is 4.99 Å². The zero-order valence-electron chi connectivity index (χ0n) is 19.3. The molecule has 174 valence electrons. The Morgan fingerprint density at radius 1 is 1.00 bits per heavy atom. The number of methoxy groups -OCH3 is 2. The average Bonchev–Trinajstić information content (AvgIpc) is 3.38. The van der Waals surface area contributed by atoms with Crippen LogP contribution in [0.3, 0.4) is 0 Å². The van der Waals surface area contributed by atoms with E-state index in [-0.39, 0.29) is 17.2 Å². The Morgan fingerprint density at radius 2 is 1.68 bits per heavy atom. The van der Waals surface area contributed by atoms with Crippen molar-refractivity contribution >= 4 is 29.4 Å². The van der Waals surface area contributed by atoms with Gasteiger partial charge in [0, 0.05) is 25.7 Å². The number of anilines is 1. The van der Waals surface area contributed by atoms with Crippen molar-refractivity contribution in [2.75, 3.05) is 25.7 Å². The van der Waals surface area contributed by atoms with E-state index in [4.69, 9.17) is 9.47 Å². The van der Waals surface area contributed by atoms with Crippen LogP contribution in [0.5, 0.6) is 0 Å². The third kappa shape index (κ3) is 2.98. The molecule has 0 radical (unpaired) electrons. The normalized spacial score (nSPS) is 22.6. The van der Waals surface area contributed by atoms with Gasteiger partial charge in [0.25, 0.3) is 0 Å². The molecule has 0 N–H and O–H groups in total. The third-order valence-corrected chi connectivity index (χ3v) is 6.96. The fraction of sp³-hybridized carbons (Fsp3) is 0.308. The SMILES string of the molecule is COC(=O)C1=C(C(=O)OC)C2N(Cc3ccccc3)c3ccccc3C23CCN(C(C)=O)C3=N1. The molecule has 2 aromatic carbocycles. The Kier molecular flexibility index (Phi) is 5.23. The van der Waals surface area contributed by atoms with Gasteiger partial charge in [-0.15, -0.1) is 0 Å². The number of rotatable bonds is 4. The first-order valence-electron chi connectivity index (χ1n) is 11.1. The van der Waals surface area contributed by atoms with Gasteiger partial charge in [-0.25, -0.2) is 14.6 Å². The first-order valence-corrected chi connectivity index (χ1v) is 11.1. The summed E-state index contributed by atoms with van der Waals surface area (Å²) in [5.41, 5.74) is 2.20. The number of likely N-dealkylation sites (tertiary alicyclic amines) is 1. The molecule has 2 atom stereocenters. The van der Waals surface area contributed by atoms with Crippen LogP contribution >= 0.6 is 0 Å². The summed E-state index contributed by atoms with van der Waals surface area (Å²) in [7, 11) is 2.53. The second kappa shape index (κ2) is 8.13. The number of carbonyl (C=O) groups is 3. The maximum atomic E-state index is 13.2. The van der Waals surface area contributed by atoms with Crippen LogP contribution in [0.4, 0.5) is 5.69 Å². The number of amidine groups is 1. The molecular formula is C26H25N3O5. The summed E-state index contributed by atoms with van der Waals surface area (Å²) in [5.74, 6) is -1.08. The summed E-state index contributed by atoms with van der Waals surface area (Å²) < 4.78 is 10.2. The lowest BCUT2D eigenvalue weighted by molar-refractivity contribution is -0.139. The lowest BCUT2D eigenvalue weighted by Gasteiger charge is -2.40. The van der Waals surface area contributed by atoms with Gasteiger partial charge in [-0.05, 0) is 23.6 Å². The molecule has 0 aromatic heterocycles. The minimum absolute atomic E-state index is 0.121. The Bertz CT molecular complexity index is 1250. The fourth-order valence-electron chi connectivity index (χ4n) is 5.61. The van der Waals surface area contributed by atoms with Crippen LogP contribution in [0.25, 0.3) is 0 Å². The molecule has 5 rings (SSSR count). The number of aliphatic imine (C=N–C) groups is 1. The second-order valence-electron chi connectivity index (χ2n) is 8.61. The number of carbonyl (C=O) groups excluding carboxylic acids is 3. The minimum atomic E-state index is -0.780. The smallest absolute Gasteiger partial charge is 0.357 e. The number of ether oxygens (including phenoxy) is 2. The Labute approximate surface area is 197 Å². The summed E-state index contributed by atoms with van der Waals surface area (Å²) in [6.07, 6.45) is 0.563. The molecule has 3 aliphatic rings. The van der Waals surface area contributed by atoms with Crippen molar-refractivity contribution in [3.8, 4) is 0 Å². The highest BCUT2D eigenvalue weighted by molar-refractivity contribution is 6.15. The molecule has 2 unspecified atom stereocenters. The van der Waals surface area contributed by atoms with E-state index >= 15 is 0 Å². The molecule has 34 heavy (non-hydrogen) atoms. The highest BCUT2D eigenvalue weighted by atomic mass is 16.5. The van der Waals surface area contributed by atoms with Gasteiger partial charge in [0.2, 0.25) is 5.91 Å². The number of nitrogens with zero attached hydrogens (tertiary/aromatic N) is 3. The van der Waals surface area contributed by atoms with E-state index in [0.717, 1.165) is 16.8 Å². The molecule has 3 aliphatic heterocycles. The summed E-state index contributed by atoms with van der Waals surface area (Å²) in [6, 6.07) is 17.2. The van der Waals surface area contributed by atoms with E-state index in [2.05, 4.69) is 9.89 Å². The number of amides is 1. The van der Waals surface area contributed by atoms with Crippen LogP contribution in [0.15, 0.2) is 70.9 Å². The topological polar surface area (TPSA) is 88.5 Å². The number of hydrogen-bond acceptors (Lipinski definition) is 7. The lowest BCUT2D eigenvalue weighted by Crippen LogP contribution is -2.55. The van der Waals surface area contributed by atoms with Crippen LogP contribution in [-0.4, -0.2) is 55.4 Å². The van der Waals surface area contributed by atoms with Gasteiger partial charge in [-0.3, -0.25) is 9.69 Å². The van der Waals surface area contributed by atoms with Gasteiger partial charge in [0.05, 0.1) is 31.2 Å². The van der Waals surface area contributed by atoms with Crippen LogP contribution in [0.1, 0.15) is 24.5 Å². The molecule has 3 heterocycles. The molecule has 0 aliphatic carbocycles. The van der Waals surface area contributed by atoms with Crippen molar-refractivity contribution in [2.45, 2.75) is 31.3 Å². The van der Waals surface area contributed by atoms with Crippen LogP contribution in [-0.2, 0) is 35.8 Å². The second-order valence-corrected chi connectivity index (χ2v) is 8.61. The lowest BCUT2D eigenvalue weighted by atomic mass is 9.70. The van der Waals surface area contributed by atoms with Gasteiger partial charge < -0.3 is 14.4 Å². The molecule has 1 fully saturated rings. The highest BCUT2D eigenvalue weighted by Crippen LogP contribution is 2.56. The van der Waals surface area contributed by atoms with Crippen molar-refractivity contribution < 1.29 is 23.9 Å². The van der Waals surface area contributed by atoms with Gasteiger partial charge in [0.1, 0.15) is 5.84 Å². The molecule has 0 saturated carbocycles. The zero-order chi connectivity index (χ0) is 24.0. The maximum absolute atomic E-state index is 13.2. The van der Waals surface area contributed by atoms with Crippen molar-refractivity contribution in [3.63, 3.8) is 0 Å². The van der Waals surface area contributed by atoms with Crippen molar-refractivity contribution in [3.05, 3.63) is 77.0 Å². The van der Waals surface area contributed by atoms with E-state index in [1.807, 2.05) is 54.6 Å². The molecule has 0 bridgehead atoms. The molecule has 1 saturated heterocycles. The number of fused-ring (bicyclic) bond motifs is 1. The summed E-state index contributed by atoms with van der Waals surface area (Å²) in [5, 5.41) is 0. The molecule has 8 heteroatoms. The highest BCUT2D eigenvalue weighted by Gasteiger charge is 2.63. The van der Waals surface area contributed by atoms with Gasteiger partial charge in [-0.2, -0.15) is 0 Å². The van der Waals surface area contributed by atoms with Crippen LogP contribution in [0.2, 0.25) is 0 Å². The monoisotopic (exact) mass is 459 g/mol. The number of hydrogen-bond donors (Lipinski definition) is 0. The summed E-state index contributed by atoms with van der Waals surface area (Å²) in [6.45, 7) is 2.41. The van der Waals surface area contributed by atoms with Crippen molar-refractivity contribution in [1.29, 1.82) is 0 Å². The van der Waals surface area contributed by atoms with E-state index < -0.39 is 23.4 Å². The molecule has 2 aromatic rings. The summed E-state index contributed by atoms with van der Waals surface area (Å²) >= 11 is 0. The molecule has 1 amide bonds. The summed E-state index contributed by atoms with van der Waals surface area (Å²) in [4.78, 5) is 47.1. The standard InChI is InChI=1S/C26H25N3O5/c1-16(30)28-14-13-26-18-11-7-8-12-19(18)29(15-17-9-5-4-6-10-17)22(26)20(23(31)33-2)21(24(32)34-3)27-25(26)28/h4-12,22H,13-15H2,1-3H3. The van der Waals surface area contributed by atoms with E-state index in [1.165, 1.54) is 21.1 Å². The number of para-hydroxylation sites is 1. The third-order valence-electron chi connectivity index (χ3n) is 6.96. The maximum Gasteiger partial charge on any atom is 0.357 e. The fourth-order valence-corrected chi connectivity index (χ4v) is 5.61. The number of benzene rings is 2. The quantitative estimate of drug-likeness (QED) is 0.653. The van der Waals surface area contributed by atoms with Gasteiger partial charge in [0.15, 0.2) is 5.70 Å². The van der Waals surface area contributed by atoms with E-state index in [0.29, 0.717) is 25.3 Å². The molecule has 8 nitrogen and oxygen atoms in total. The zero-order valence-corrected chi connectivity index (χ0v) is 19.3. The average molecular weight is 460 g/mol. The van der Waals surface area contributed by atoms with E-state index in [1.54, 1.807) is 4.90 Å². The first-order chi connectivity index (χ1) is 16.4.